The van der Waals surface area contributed by atoms with Gasteiger partial charge in [0.25, 0.3) is 0 Å². The predicted molar refractivity (Wildman–Crippen MR) is 144 cm³/mol. The van der Waals surface area contributed by atoms with E-state index in [1.807, 2.05) is 0 Å². The summed E-state index contributed by atoms with van der Waals surface area (Å²) in [5.74, 6) is 0. The van der Waals surface area contributed by atoms with E-state index in [-0.39, 0.29) is 19.8 Å². The van der Waals surface area contributed by atoms with Gasteiger partial charge in [-0.3, -0.25) is 13.6 Å². The fraction of sp³-hybridized carbons (Fsp3) is 1.00. The summed E-state index contributed by atoms with van der Waals surface area (Å²) in [5.41, 5.74) is 0. The first-order valence-corrected chi connectivity index (χ1v) is 19.1. The van der Waals surface area contributed by atoms with Crippen molar-refractivity contribution in [2.45, 2.75) is 62.3 Å². The Hall–Kier alpha value is 0.980. The highest BCUT2D eigenvalue weighted by molar-refractivity contribution is 8.11. The van der Waals surface area contributed by atoms with Crippen LogP contribution < -0.4 is 0 Å². The van der Waals surface area contributed by atoms with Crippen molar-refractivity contribution in [1.29, 1.82) is 0 Å². The van der Waals surface area contributed by atoms with Gasteiger partial charge in [0, 0.05) is 39.3 Å². The molecule has 0 spiro atoms. The monoisotopic (exact) mass is 603 g/mol. The number of nitrogens with zero attached hydrogens (tertiary/aromatic N) is 3. The summed E-state index contributed by atoms with van der Waals surface area (Å²) in [6.45, 7) is 13.0. The maximum absolute atomic E-state index is 13.9. The van der Waals surface area contributed by atoms with E-state index in [0.717, 1.165) is 0 Å². The minimum Gasteiger partial charge on any atom is -0.297 e. The van der Waals surface area contributed by atoms with Crippen molar-refractivity contribution in [3.8, 4) is 0 Å². The molecule has 0 aromatic carbocycles. The van der Waals surface area contributed by atoms with E-state index in [2.05, 4.69) is 0 Å². The van der Waals surface area contributed by atoms with Gasteiger partial charge in [0.15, 0.2) is 0 Å². The van der Waals surface area contributed by atoms with Gasteiger partial charge in [-0.1, -0.05) is 41.5 Å². The molecular formula is C18H45N3O9P4S. The first-order valence-electron chi connectivity index (χ1n) is 12.1. The Kier molecular flexibility index (Phi) is 17.3. The molecule has 35 heavy (non-hydrogen) atoms. The third kappa shape index (κ3) is 10.2. The zero-order chi connectivity index (χ0) is 27.3. The molecule has 0 heterocycles. The molecule has 0 fully saturated rings. The van der Waals surface area contributed by atoms with Crippen LogP contribution in [0.4, 0.5) is 0 Å². The molecule has 0 aliphatic heterocycles. The molecule has 0 N–H and O–H groups in total. The summed E-state index contributed by atoms with van der Waals surface area (Å²) in [6.07, 6.45) is 0. The molecule has 212 valence electrons. The summed E-state index contributed by atoms with van der Waals surface area (Å²) in [6, 6.07) is 0. The van der Waals surface area contributed by atoms with E-state index in [0.29, 0.717) is 39.3 Å². The van der Waals surface area contributed by atoms with E-state index in [4.69, 9.17) is 38.3 Å². The summed E-state index contributed by atoms with van der Waals surface area (Å²) in [5, 5.41) is 0. The van der Waals surface area contributed by atoms with Crippen LogP contribution in [0.3, 0.4) is 0 Å². The topological polar surface area (TPSA) is 116 Å². The highest BCUT2D eigenvalue weighted by atomic mass is 32.5. The number of hydrogen-bond donors (Lipinski definition) is 0. The van der Waals surface area contributed by atoms with Crippen molar-refractivity contribution < 1.29 is 40.2 Å². The maximum Gasteiger partial charge on any atom is 0.415 e. The van der Waals surface area contributed by atoms with Gasteiger partial charge in [-0.25, -0.2) is 40.6 Å². The lowest BCUT2D eigenvalue weighted by Crippen LogP contribution is -2.26. The Labute approximate surface area is 217 Å². The summed E-state index contributed by atoms with van der Waals surface area (Å²) in [4.78, 5) is 0. The molecule has 0 aromatic rings. The molecule has 0 amide bonds. The van der Waals surface area contributed by atoms with Gasteiger partial charge in [0.1, 0.15) is 0 Å². The van der Waals surface area contributed by atoms with Crippen LogP contribution in [0.15, 0.2) is 0 Å². The van der Waals surface area contributed by atoms with Gasteiger partial charge >= 0.3 is 30.0 Å². The standard InChI is InChI=1S/C18H45N3O9P4S/c1-10-19(11-2)31(22,25-16-7)28-34(35,29-32(23,26-17-8)20(12-3)13-4)30-33(24,27-18-9)21(14-5)15-6/h10-18H2,1-9H3. The summed E-state index contributed by atoms with van der Waals surface area (Å²) < 4.78 is 80.1. The van der Waals surface area contributed by atoms with Crippen molar-refractivity contribution >= 4 is 41.8 Å². The fourth-order valence-corrected chi connectivity index (χ4v) is 14.9. The molecule has 3 atom stereocenters. The van der Waals surface area contributed by atoms with Crippen LogP contribution in [0.5, 0.6) is 0 Å². The summed E-state index contributed by atoms with van der Waals surface area (Å²) >= 11 is 5.64. The zero-order valence-electron chi connectivity index (χ0n) is 22.6. The average molecular weight is 604 g/mol. The van der Waals surface area contributed by atoms with Crippen LogP contribution in [0.1, 0.15) is 62.3 Å². The Balaban J connectivity index is 6.89. The number of rotatable bonds is 21. The second-order valence-electron chi connectivity index (χ2n) is 6.77. The summed E-state index contributed by atoms with van der Waals surface area (Å²) in [7, 11) is -12.4. The van der Waals surface area contributed by atoms with Crippen LogP contribution >= 0.6 is 30.0 Å². The van der Waals surface area contributed by atoms with Crippen molar-refractivity contribution in [2.24, 2.45) is 0 Å². The molecule has 3 unspecified atom stereocenters. The minimum atomic E-state index is -4.37. The molecule has 0 aliphatic carbocycles. The molecule has 0 aromatic heterocycles. The largest absolute Gasteiger partial charge is 0.415 e. The molecule has 0 radical (unpaired) electrons. The Bertz CT molecular complexity index is 695. The maximum atomic E-state index is 13.9. The van der Waals surface area contributed by atoms with Gasteiger partial charge in [0.05, 0.1) is 19.8 Å². The smallest absolute Gasteiger partial charge is 0.297 e. The molecule has 0 aliphatic rings. The molecule has 0 saturated carbocycles. The Morgan fingerprint density at radius 3 is 0.829 bits per heavy atom. The second-order valence-corrected chi connectivity index (χ2v) is 16.2. The van der Waals surface area contributed by atoms with Gasteiger partial charge in [-0.15, -0.1) is 0 Å². The number of hydrogen-bond acceptors (Lipinski definition) is 10. The van der Waals surface area contributed by atoms with E-state index < -0.39 is 30.0 Å². The predicted octanol–water partition coefficient (Wildman–Crippen LogP) is 6.72. The van der Waals surface area contributed by atoms with Crippen molar-refractivity contribution in [3.05, 3.63) is 0 Å². The van der Waals surface area contributed by atoms with Crippen LogP contribution in [-0.2, 0) is 52.0 Å². The first kappa shape index (κ1) is 36.0. The van der Waals surface area contributed by atoms with Crippen LogP contribution in [0.2, 0.25) is 0 Å². The SMILES string of the molecule is CCOP(=O)(OP(=S)(OP(=O)(OCC)N(CC)CC)OP(=O)(OCC)N(CC)CC)N(CC)CC. The van der Waals surface area contributed by atoms with E-state index in [9.17, 15) is 13.7 Å². The Morgan fingerprint density at radius 2 is 0.686 bits per heavy atom. The zero-order valence-corrected chi connectivity index (χ0v) is 27.0. The van der Waals surface area contributed by atoms with Gasteiger partial charge in [-0.2, -0.15) is 0 Å². The molecule has 0 bridgehead atoms. The van der Waals surface area contributed by atoms with E-state index in [1.54, 1.807) is 62.3 Å². The Morgan fingerprint density at radius 1 is 0.486 bits per heavy atom. The average Bonchev–Trinajstić information content (AvgIpc) is 2.75. The lowest BCUT2D eigenvalue weighted by molar-refractivity contribution is 0.178. The van der Waals surface area contributed by atoms with Gasteiger partial charge in [-0.05, 0) is 32.6 Å². The second kappa shape index (κ2) is 16.8. The van der Waals surface area contributed by atoms with Crippen LogP contribution in [-0.4, -0.2) is 73.1 Å². The van der Waals surface area contributed by atoms with Crippen LogP contribution in [0.25, 0.3) is 0 Å². The lowest BCUT2D eigenvalue weighted by atomic mass is 10.7. The molecule has 17 heteroatoms. The molecule has 0 saturated heterocycles. The van der Waals surface area contributed by atoms with Gasteiger partial charge < -0.3 is 0 Å². The van der Waals surface area contributed by atoms with E-state index >= 15 is 0 Å². The normalized spacial score (nSPS) is 19.4. The van der Waals surface area contributed by atoms with Crippen molar-refractivity contribution in [1.82, 2.24) is 14.0 Å². The van der Waals surface area contributed by atoms with Crippen LogP contribution in [0, 0.1) is 0 Å². The van der Waals surface area contributed by atoms with E-state index in [1.165, 1.54) is 14.0 Å². The quantitative estimate of drug-likeness (QED) is 0.129. The van der Waals surface area contributed by atoms with Crippen molar-refractivity contribution in [3.63, 3.8) is 0 Å². The highest BCUT2D eigenvalue weighted by Crippen LogP contribution is 2.79. The lowest BCUT2D eigenvalue weighted by Gasteiger charge is -2.37. The van der Waals surface area contributed by atoms with Gasteiger partial charge in [0.2, 0.25) is 0 Å². The molecular weight excluding hydrogens is 558 g/mol. The minimum absolute atomic E-state index is 0.0292. The molecule has 12 nitrogen and oxygen atoms in total. The third-order valence-corrected chi connectivity index (χ3v) is 16.9. The fourth-order valence-electron chi connectivity index (χ4n) is 3.09. The highest BCUT2D eigenvalue weighted by Gasteiger charge is 2.50. The third-order valence-electron chi connectivity index (χ3n) is 4.72. The first-order chi connectivity index (χ1) is 16.4. The molecule has 0 rings (SSSR count). The van der Waals surface area contributed by atoms with Crippen molar-refractivity contribution in [2.75, 3.05) is 59.1 Å².